The van der Waals surface area contributed by atoms with E-state index in [1.54, 1.807) is 18.7 Å². The molecule has 0 aliphatic carbocycles. The third-order valence-corrected chi connectivity index (χ3v) is 8.59. The summed E-state index contributed by atoms with van der Waals surface area (Å²) in [6.45, 7) is 6.91. The van der Waals surface area contributed by atoms with Crippen LogP contribution in [0.25, 0.3) is 0 Å². The van der Waals surface area contributed by atoms with E-state index in [1.165, 1.54) is 24.3 Å². The monoisotopic (exact) mass is 595 g/mol. The van der Waals surface area contributed by atoms with Crippen LogP contribution in [0.3, 0.4) is 0 Å². The van der Waals surface area contributed by atoms with Gasteiger partial charge in [0.05, 0.1) is 16.2 Å². The van der Waals surface area contributed by atoms with Gasteiger partial charge in [0.2, 0.25) is 0 Å². The van der Waals surface area contributed by atoms with Crippen LogP contribution in [0, 0.1) is 17.1 Å². The van der Waals surface area contributed by atoms with E-state index in [4.69, 9.17) is 21.6 Å². The van der Waals surface area contributed by atoms with Crippen LogP contribution in [0.2, 0.25) is 5.02 Å². The van der Waals surface area contributed by atoms with Gasteiger partial charge < -0.3 is 14.9 Å². The molecule has 4 rings (SSSR count). The SMILES string of the molecule is CC1(C(=O)NSc2cc(Cl)c(O)c(C#N)c2)CCCCO1.CC1(O)CN(CCCCSc2ccc(F)cc2)C1. The highest BCUT2D eigenvalue weighted by Crippen LogP contribution is 2.33. The van der Waals surface area contributed by atoms with Crippen molar-refractivity contribution in [3.63, 3.8) is 0 Å². The minimum absolute atomic E-state index is 0.0689. The molecule has 7 nitrogen and oxygen atoms in total. The molecule has 2 heterocycles. The number of benzene rings is 2. The van der Waals surface area contributed by atoms with Crippen LogP contribution in [-0.2, 0) is 9.53 Å². The van der Waals surface area contributed by atoms with Gasteiger partial charge in [-0.1, -0.05) is 11.6 Å². The zero-order valence-electron chi connectivity index (χ0n) is 22.2. The van der Waals surface area contributed by atoms with Crippen molar-refractivity contribution in [1.82, 2.24) is 9.62 Å². The molecule has 0 saturated carbocycles. The van der Waals surface area contributed by atoms with Gasteiger partial charge in [0.15, 0.2) is 5.75 Å². The number of carbonyl (C=O) groups is 1. The number of likely N-dealkylation sites (tertiary alicyclic amines) is 1. The lowest BCUT2D eigenvalue weighted by Crippen LogP contribution is -2.59. The second-order valence-electron chi connectivity index (χ2n) is 10.2. The molecule has 2 saturated heterocycles. The Morgan fingerprint density at radius 1 is 1.21 bits per heavy atom. The van der Waals surface area contributed by atoms with Gasteiger partial charge in [-0.3, -0.25) is 14.4 Å². The fraction of sp³-hybridized carbons (Fsp3) is 0.500. The van der Waals surface area contributed by atoms with Gasteiger partial charge in [-0.15, -0.1) is 11.8 Å². The first kappa shape index (κ1) is 31.5. The molecule has 0 radical (unpaired) electrons. The Bertz CT molecular complexity index is 1150. The summed E-state index contributed by atoms with van der Waals surface area (Å²) in [4.78, 5) is 16.2. The molecule has 1 unspecified atom stereocenters. The molecule has 0 aromatic heterocycles. The lowest BCUT2D eigenvalue weighted by molar-refractivity contribution is -0.148. The molecule has 2 aromatic rings. The topological polar surface area (TPSA) is 106 Å². The number of hydrogen-bond acceptors (Lipinski definition) is 8. The average molecular weight is 596 g/mol. The van der Waals surface area contributed by atoms with E-state index in [0.29, 0.717) is 17.9 Å². The number of hydrogen-bond donors (Lipinski definition) is 3. The van der Waals surface area contributed by atoms with E-state index in [9.17, 15) is 19.4 Å². The molecule has 1 amide bonds. The number of nitriles is 1. The number of unbranched alkanes of at least 4 members (excludes halogenated alkanes) is 1. The molecule has 2 aliphatic rings. The number of nitrogens with one attached hydrogen (secondary N) is 1. The molecule has 0 spiro atoms. The number of phenols is 1. The summed E-state index contributed by atoms with van der Waals surface area (Å²) in [6, 6.07) is 11.5. The highest BCUT2D eigenvalue weighted by Gasteiger charge is 2.36. The van der Waals surface area contributed by atoms with E-state index in [2.05, 4.69) is 9.62 Å². The van der Waals surface area contributed by atoms with E-state index < -0.39 is 11.2 Å². The number of nitrogens with zero attached hydrogens (tertiary/aromatic N) is 2. The fourth-order valence-electron chi connectivity index (χ4n) is 4.28. The van der Waals surface area contributed by atoms with Crippen LogP contribution in [0.15, 0.2) is 46.2 Å². The number of phenolic OH excluding ortho intramolecular Hbond substituents is 1. The molecule has 3 N–H and O–H groups in total. The Morgan fingerprint density at radius 3 is 2.54 bits per heavy atom. The highest BCUT2D eigenvalue weighted by molar-refractivity contribution is 7.99. The summed E-state index contributed by atoms with van der Waals surface area (Å²) >= 11 is 8.66. The number of thioether (sulfide) groups is 1. The fourth-order valence-corrected chi connectivity index (χ4v) is 6.25. The minimum Gasteiger partial charge on any atom is -0.505 e. The second kappa shape index (κ2) is 14.6. The summed E-state index contributed by atoms with van der Waals surface area (Å²) in [5.41, 5.74) is -1.20. The second-order valence-corrected chi connectivity index (χ2v) is 12.7. The largest absolute Gasteiger partial charge is 0.505 e. The number of carbonyl (C=O) groups excluding carboxylic acids is 1. The Morgan fingerprint density at radius 2 is 1.92 bits per heavy atom. The lowest BCUT2D eigenvalue weighted by atomic mass is 9.95. The maximum atomic E-state index is 12.7. The molecule has 1 atom stereocenters. The van der Waals surface area contributed by atoms with Crippen molar-refractivity contribution in [2.75, 3.05) is 32.0 Å². The first-order valence-corrected chi connectivity index (χ1v) is 15.1. The molecule has 212 valence electrons. The molecule has 2 aliphatic heterocycles. The van der Waals surface area contributed by atoms with E-state index >= 15 is 0 Å². The smallest absolute Gasteiger partial charge is 0.262 e. The van der Waals surface area contributed by atoms with Gasteiger partial charge in [-0.2, -0.15) is 5.26 Å². The maximum Gasteiger partial charge on any atom is 0.262 e. The van der Waals surface area contributed by atoms with Crippen LogP contribution in [-0.4, -0.2) is 64.2 Å². The van der Waals surface area contributed by atoms with Crippen LogP contribution in [0.4, 0.5) is 4.39 Å². The van der Waals surface area contributed by atoms with E-state index in [-0.39, 0.29) is 28.1 Å². The van der Waals surface area contributed by atoms with Gasteiger partial charge in [0.25, 0.3) is 5.91 Å². The third-order valence-electron chi connectivity index (χ3n) is 6.45. The van der Waals surface area contributed by atoms with Crippen molar-refractivity contribution in [3.05, 3.63) is 52.8 Å². The summed E-state index contributed by atoms with van der Waals surface area (Å²) < 4.78 is 21.0. The number of rotatable bonds is 9. The number of β-amino-alcohol motifs (C(OH)–C–C–N with tert-alkyl or cyclic N) is 1. The predicted molar refractivity (Wildman–Crippen MR) is 153 cm³/mol. The number of aliphatic hydroxyl groups is 1. The Hall–Kier alpha value is -2.00. The summed E-state index contributed by atoms with van der Waals surface area (Å²) in [6.07, 6.45) is 4.91. The number of ether oxygens (including phenoxy) is 1. The van der Waals surface area contributed by atoms with Crippen molar-refractivity contribution in [2.24, 2.45) is 0 Å². The van der Waals surface area contributed by atoms with Crippen molar-refractivity contribution in [1.29, 1.82) is 5.26 Å². The zero-order valence-corrected chi connectivity index (χ0v) is 24.6. The van der Waals surface area contributed by atoms with Gasteiger partial charge >= 0.3 is 0 Å². The van der Waals surface area contributed by atoms with Gasteiger partial charge in [-0.05, 0) is 107 Å². The van der Waals surface area contributed by atoms with Gasteiger partial charge in [0.1, 0.15) is 17.5 Å². The van der Waals surface area contributed by atoms with E-state index in [0.717, 1.165) is 67.9 Å². The van der Waals surface area contributed by atoms with Gasteiger partial charge in [0, 0.05) is 29.5 Å². The Kier molecular flexibility index (Phi) is 11.8. The summed E-state index contributed by atoms with van der Waals surface area (Å²) in [7, 11) is 0. The summed E-state index contributed by atoms with van der Waals surface area (Å²) in [5, 5.41) is 28.1. The predicted octanol–water partition coefficient (Wildman–Crippen LogP) is 5.76. The Balaban J connectivity index is 0.000000218. The zero-order chi connectivity index (χ0) is 28.5. The Labute approximate surface area is 243 Å². The first-order valence-electron chi connectivity index (χ1n) is 12.9. The van der Waals surface area contributed by atoms with Crippen LogP contribution in [0.5, 0.6) is 5.75 Å². The van der Waals surface area contributed by atoms with Gasteiger partial charge in [-0.25, -0.2) is 4.39 Å². The number of amides is 1. The van der Waals surface area contributed by atoms with Crippen molar-refractivity contribution in [3.8, 4) is 11.8 Å². The van der Waals surface area contributed by atoms with Crippen molar-refractivity contribution < 1.29 is 24.1 Å². The normalized spacial score (nSPS) is 20.2. The lowest BCUT2D eigenvalue weighted by Gasteiger charge is -2.44. The molecule has 11 heteroatoms. The summed E-state index contributed by atoms with van der Waals surface area (Å²) in [5.74, 6) is 0.423. The highest BCUT2D eigenvalue weighted by atomic mass is 35.5. The quantitative estimate of drug-likeness (QED) is 0.191. The van der Waals surface area contributed by atoms with Crippen molar-refractivity contribution >= 4 is 41.2 Å². The van der Waals surface area contributed by atoms with Crippen LogP contribution >= 0.6 is 35.3 Å². The standard InChI is InChI=1S/C14H15ClN2O3S.C14H20FNOS/c1-14(4-2-3-5-20-14)13(19)17-21-10-6-9(8-16)12(18)11(15)7-10;1-14(17)10-16(11-14)8-2-3-9-18-13-6-4-12(15)5-7-13/h6-7,18H,2-5H2,1H3,(H,17,19);4-7,17H,2-3,8-11H2,1H3. The van der Waals surface area contributed by atoms with Crippen LogP contribution in [0.1, 0.15) is 51.5 Å². The molecule has 2 aromatic carbocycles. The molecular weight excluding hydrogens is 561 g/mol. The first-order chi connectivity index (χ1) is 18.5. The molecule has 39 heavy (non-hydrogen) atoms. The van der Waals surface area contributed by atoms with Crippen LogP contribution < -0.4 is 4.72 Å². The van der Waals surface area contributed by atoms with Crippen molar-refractivity contribution in [2.45, 2.75) is 66.9 Å². The van der Waals surface area contributed by atoms with E-state index in [1.807, 2.05) is 25.1 Å². The third kappa shape index (κ3) is 9.85. The number of aromatic hydroxyl groups is 1. The average Bonchev–Trinajstić information content (AvgIpc) is 2.89. The number of halogens is 2. The maximum absolute atomic E-state index is 12.7. The molecule has 0 bridgehead atoms. The molecule has 2 fully saturated rings. The minimum atomic E-state index is -0.815. The molecular formula is C28H35ClFN3O4S2.